The van der Waals surface area contributed by atoms with E-state index in [0.717, 1.165) is 42.5 Å². The summed E-state index contributed by atoms with van der Waals surface area (Å²) in [5.41, 5.74) is 3.38. The molecule has 3 N–H and O–H groups in total. The maximum Gasteiger partial charge on any atom is 0.250 e. The van der Waals surface area contributed by atoms with Crippen molar-refractivity contribution >= 4 is 29.3 Å². The van der Waals surface area contributed by atoms with Crippen molar-refractivity contribution in [3.63, 3.8) is 0 Å². The van der Waals surface area contributed by atoms with Gasteiger partial charge in [0.1, 0.15) is 18.1 Å². The number of benzene rings is 3. The van der Waals surface area contributed by atoms with Crippen molar-refractivity contribution in [1.29, 1.82) is 5.26 Å². The van der Waals surface area contributed by atoms with Crippen LogP contribution in [0.4, 0.5) is 5.69 Å². The van der Waals surface area contributed by atoms with Crippen molar-refractivity contribution in [1.82, 2.24) is 25.8 Å². The smallest absolute Gasteiger partial charge is 0.250 e. The van der Waals surface area contributed by atoms with Gasteiger partial charge in [0, 0.05) is 37.8 Å². The highest BCUT2D eigenvalue weighted by atomic mass is 16.2. The van der Waals surface area contributed by atoms with E-state index in [0.29, 0.717) is 50.0 Å². The number of hydrogen-bond acceptors (Lipinski definition) is 7. The molecule has 1 spiro atoms. The monoisotopic (exact) mass is 701 g/mol. The zero-order chi connectivity index (χ0) is 36.1. The van der Waals surface area contributed by atoms with Crippen LogP contribution < -0.4 is 20.9 Å². The zero-order valence-corrected chi connectivity index (χ0v) is 29.6. The number of rotatable bonds is 9. The normalized spacial score (nSPS) is 20.6. The van der Waals surface area contributed by atoms with Gasteiger partial charge in [-0.1, -0.05) is 79.9 Å². The van der Waals surface area contributed by atoms with Crippen molar-refractivity contribution in [2.24, 2.45) is 0 Å². The van der Waals surface area contributed by atoms with Crippen molar-refractivity contribution in [3.8, 4) is 6.07 Å². The number of para-hydroxylation sites is 1. The number of hydrogen-bond donors (Lipinski definition) is 3. The number of carbonyl (C=O) groups is 4. The van der Waals surface area contributed by atoms with E-state index in [1.54, 1.807) is 21.9 Å². The van der Waals surface area contributed by atoms with Crippen LogP contribution in [0.1, 0.15) is 67.2 Å². The predicted octanol–water partition coefficient (Wildman–Crippen LogP) is 3.42. The fourth-order valence-electron chi connectivity index (χ4n) is 8.47. The maximum absolute atomic E-state index is 14.4. The summed E-state index contributed by atoms with van der Waals surface area (Å²) in [6, 6.07) is 25.9. The molecule has 3 aliphatic heterocycles. The SMILES string of the molecule is N#Cc1ccccc1CC(NC(=O)C1Cc2ccccc2CN1)C(=O)N1CCC2(CC1)C(=O)N(CC(=O)NC1CCCCC1)CN2c1ccccc1. The molecule has 11 heteroatoms. The molecule has 3 fully saturated rings. The molecular weight excluding hydrogens is 654 g/mol. The number of nitrogens with zero attached hydrogens (tertiary/aromatic N) is 4. The molecule has 7 rings (SSSR count). The third-order valence-electron chi connectivity index (χ3n) is 11.4. The van der Waals surface area contributed by atoms with Crippen LogP contribution in [-0.4, -0.2) is 83.4 Å². The number of nitriles is 1. The summed E-state index contributed by atoms with van der Waals surface area (Å²) in [5.74, 6) is -0.740. The summed E-state index contributed by atoms with van der Waals surface area (Å²) >= 11 is 0. The van der Waals surface area contributed by atoms with E-state index in [4.69, 9.17) is 0 Å². The van der Waals surface area contributed by atoms with Crippen LogP contribution in [0.15, 0.2) is 78.9 Å². The molecule has 0 bridgehead atoms. The lowest BCUT2D eigenvalue weighted by atomic mass is 9.85. The Morgan fingerprint density at radius 3 is 2.35 bits per heavy atom. The minimum Gasteiger partial charge on any atom is -0.352 e. The van der Waals surface area contributed by atoms with Crippen LogP contribution in [0.25, 0.3) is 0 Å². The average molecular weight is 702 g/mol. The first-order valence-corrected chi connectivity index (χ1v) is 18.6. The predicted molar refractivity (Wildman–Crippen MR) is 197 cm³/mol. The molecule has 1 saturated carbocycles. The fraction of sp³-hybridized carbons (Fsp3) is 0.439. The lowest BCUT2D eigenvalue weighted by Crippen LogP contribution is -2.61. The molecule has 11 nitrogen and oxygen atoms in total. The van der Waals surface area contributed by atoms with Crippen molar-refractivity contribution in [3.05, 3.63) is 101 Å². The largest absolute Gasteiger partial charge is 0.352 e. The van der Waals surface area contributed by atoms with E-state index in [1.807, 2.05) is 66.7 Å². The van der Waals surface area contributed by atoms with Crippen LogP contribution in [0.5, 0.6) is 0 Å². The van der Waals surface area contributed by atoms with Gasteiger partial charge in [0.05, 0.1) is 24.3 Å². The number of piperidine rings is 1. The number of anilines is 1. The zero-order valence-electron chi connectivity index (χ0n) is 29.6. The van der Waals surface area contributed by atoms with E-state index >= 15 is 0 Å². The molecule has 2 unspecified atom stereocenters. The number of nitrogens with one attached hydrogen (secondary N) is 3. The molecule has 2 atom stereocenters. The summed E-state index contributed by atoms with van der Waals surface area (Å²) in [5, 5.41) is 19.3. The first-order chi connectivity index (χ1) is 25.3. The van der Waals surface area contributed by atoms with E-state index in [-0.39, 0.29) is 49.3 Å². The van der Waals surface area contributed by atoms with E-state index < -0.39 is 17.6 Å². The fourth-order valence-corrected chi connectivity index (χ4v) is 8.47. The molecule has 0 aromatic heterocycles. The number of fused-ring (bicyclic) bond motifs is 1. The van der Waals surface area contributed by atoms with Gasteiger partial charge in [0.2, 0.25) is 17.7 Å². The van der Waals surface area contributed by atoms with Crippen LogP contribution in [0, 0.1) is 11.3 Å². The molecule has 3 aromatic rings. The molecule has 2 saturated heterocycles. The van der Waals surface area contributed by atoms with Gasteiger partial charge in [-0.3, -0.25) is 19.2 Å². The quantitative estimate of drug-likeness (QED) is 0.311. The molecule has 3 aromatic carbocycles. The van der Waals surface area contributed by atoms with E-state index in [1.165, 1.54) is 6.42 Å². The molecule has 270 valence electrons. The Balaban J connectivity index is 1.08. The maximum atomic E-state index is 14.4. The Labute approximate surface area is 305 Å². The van der Waals surface area contributed by atoms with Crippen LogP contribution >= 0.6 is 0 Å². The minimum atomic E-state index is -0.908. The van der Waals surface area contributed by atoms with Crippen LogP contribution in [-0.2, 0) is 38.6 Å². The molecule has 3 heterocycles. The molecule has 4 amide bonds. The third-order valence-corrected chi connectivity index (χ3v) is 11.4. The van der Waals surface area contributed by atoms with Gasteiger partial charge in [-0.25, -0.2) is 0 Å². The van der Waals surface area contributed by atoms with Gasteiger partial charge >= 0.3 is 0 Å². The summed E-state index contributed by atoms with van der Waals surface area (Å²) < 4.78 is 0. The standard InChI is InChI=1S/C41H47N7O4/c42-25-31-13-9-7-11-29(31)24-36(45-38(50)35-23-30-12-8-10-14-32(30)26-43-35)39(51)46-21-19-41(20-22-46)40(52)47(28-48(41)34-17-5-2-6-18-34)27-37(49)44-33-15-3-1-4-16-33/h2,5-14,17-18,33,35-36,43H,1,3-4,15-16,19-24,26-28H2,(H,44,49)(H,45,50). The number of carbonyl (C=O) groups excluding carboxylic acids is 4. The number of amides is 4. The molecule has 4 aliphatic rings. The second-order valence-electron chi connectivity index (χ2n) is 14.6. The average Bonchev–Trinajstić information content (AvgIpc) is 3.44. The first-order valence-electron chi connectivity index (χ1n) is 18.6. The van der Waals surface area contributed by atoms with Crippen molar-refractivity contribution < 1.29 is 19.2 Å². The molecule has 1 aliphatic carbocycles. The Hall–Kier alpha value is -5.21. The third kappa shape index (κ3) is 7.39. The van der Waals surface area contributed by atoms with Gasteiger partial charge in [-0.2, -0.15) is 5.26 Å². The highest BCUT2D eigenvalue weighted by Gasteiger charge is 2.54. The Morgan fingerprint density at radius 1 is 0.904 bits per heavy atom. The molecular formula is C41H47N7O4. The lowest BCUT2D eigenvalue weighted by Gasteiger charge is -2.44. The molecule has 0 radical (unpaired) electrons. The summed E-state index contributed by atoms with van der Waals surface area (Å²) in [4.78, 5) is 61.1. The summed E-state index contributed by atoms with van der Waals surface area (Å²) in [6.45, 7) is 1.45. The Morgan fingerprint density at radius 2 is 1.60 bits per heavy atom. The van der Waals surface area contributed by atoms with E-state index in [9.17, 15) is 24.4 Å². The Bertz CT molecular complexity index is 1830. The highest BCUT2D eigenvalue weighted by molar-refractivity contribution is 5.97. The second kappa shape index (κ2) is 15.6. The first kappa shape index (κ1) is 35.2. The Kier molecular flexibility index (Phi) is 10.5. The van der Waals surface area contributed by atoms with E-state index in [2.05, 4.69) is 26.9 Å². The van der Waals surface area contributed by atoms with Gasteiger partial charge in [0.25, 0.3) is 5.91 Å². The highest BCUT2D eigenvalue weighted by Crippen LogP contribution is 2.39. The topological polar surface area (TPSA) is 138 Å². The second-order valence-corrected chi connectivity index (χ2v) is 14.6. The van der Waals surface area contributed by atoms with Crippen LogP contribution in [0.3, 0.4) is 0 Å². The minimum absolute atomic E-state index is 0.00482. The van der Waals surface area contributed by atoms with Gasteiger partial charge in [-0.15, -0.1) is 0 Å². The van der Waals surface area contributed by atoms with Crippen molar-refractivity contribution in [2.75, 3.05) is 31.2 Å². The van der Waals surface area contributed by atoms with Gasteiger partial charge < -0.3 is 30.7 Å². The van der Waals surface area contributed by atoms with Crippen molar-refractivity contribution in [2.45, 2.75) is 88.0 Å². The molecule has 52 heavy (non-hydrogen) atoms. The number of likely N-dealkylation sites (tertiary alicyclic amines) is 1. The lowest BCUT2D eigenvalue weighted by molar-refractivity contribution is -0.141. The van der Waals surface area contributed by atoms with Gasteiger partial charge in [0.15, 0.2) is 0 Å². The summed E-state index contributed by atoms with van der Waals surface area (Å²) in [6.07, 6.45) is 6.78. The van der Waals surface area contributed by atoms with Gasteiger partial charge in [-0.05, 0) is 67.0 Å². The van der Waals surface area contributed by atoms with Crippen LogP contribution in [0.2, 0.25) is 0 Å². The summed E-state index contributed by atoms with van der Waals surface area (Å²) in [7, 11) is 0.